The quantitative estimate of drug-likeness (QED) is 0.866. The second kappa shape index (κ2) is 6.45. The Hall–Kier alpha value is -0.280. The number of aliphatic carboxylic acids is 1. The summed E-state index contributed by atoms with van der Waals surface area (Å²) in [5.74, 6) is 0.262. The van der Waals surface area contributed by atoms with Gasteiger partial charge in [0.15, 0.2) is 0 Å². The van der Waals surface area contributed by atoms with E-state index in [2.05, 4.69) is 4.90 Å². The third kappa shape index (κ3) is 3.25. The maximum absolute atomic E-state index is 11.2. The molecule has 0 radical (unpaired) electrons. The molecule has 2 aliphatic heterocycles. The van der Waals surface area contributed by atoms with Gasteiger partial charge in [-0.15, -0.1) is 12.4 Å². The lowest BCUT2D eigenvalue weighted by Gasteiger charge is -2.40. The van der Waals surface area contributed by atoms with Crippen molar-refractivity contribution in [3.63, 3.8) is 0 Å². The predicted molar refractivity (Wildman–Crippen MR) is 77.7 cm³/mol. The molecule has 1 N–H and O–H groups in total. The molecule has 2 heterocycles. The summed E-state index contributed by atoms with van der Waals surface area (Å²) in [4.78, 5) is 13.8. The van der Waals surface area contributed by atoms with Crippen LogP contribution in [0.4, 0.5) is 0 Å². The molecule has 0 aromatic heterocycles. The number of fused-ring (bicyclic) bond motifs is 2. The van der Waals surface area contributed by atoms with Gasteiger partial charge in [-0.2, -0.15) is 0 Å². The van der Waals surface area contributed by atoms with Crippen LogP contribution in [0.5, 0.6) is 0 Å². The molecule has 3 rings (SSSR count). The molecular formula is C15H26ClNO2. The Labute approximate surface area is 122 Å². The van der Waals surface area contributed by atoms with E-state index in [1.54, 1.807) is 0 Å². The van der Waals surface area contributed by atoms with E-state index in [4.69, 9.17) is 0 Å². The number of piperidine rings is 1. The SMILES string of the molecule is Cl.O=C(O)C1CC2CCC(C1)N2CC1CCCCC1. The van der Waals surface area contributed by atoms with Gasteiger partial charge in [0.2, 0.25) is 0 Å². The number of carboxylic acid groups (broad SMARTS) is 1. The van der Waals surface area contributed by atoms with Crippen LogP contribution in [0, 0.1) is 11.8 Å². The normalized spacial score (nSPS) is 35.9. The van der Waals surface area contributed by atoms with Crippen molar-refractivity contribution in [3.8, 4) is 0 Å². The Balaban J connectivity index is 0.00000133. The summed E-state index contributed by atoms with van der Waals surface area (Å²) in [6.45, 7) is 1.25. The molecule has 4 heteroatoms. The molecule has 0 aromatic carbocycles. The zero-order valence-electron chi connectivity index (χ0n) is 11.6. The van der Waals surface area contributed by atoms with Gasteiger partial charge in [0.05, 0.1) is 5.92 Å². The molecule has 1 saturated carbocycles. The highest BCUT2D eigenvalue weighted by molar-refractivity contribution is 5.85. The monoisotopic (exact) mass is 287 g/mol. The zero-order valence-corrected chi connectivity index (χ0v) is 12.4. The van der Waals surface area contributed by atoms with E-state index in [-0.39, 0.29) is 18.3 Å². The molecule has 2 saturated heterocycles. The Morgan fingerprint density at radius 2 is 1.58 bits per heavy atom. The Bertz CT molecular complexity index is 303. The van der Waals surface area contributed by atoms with Gasteiger partial charge in [-0.1, -0.05) is 19.3 Å². The van der Waals surface area contributed by atoms with Gasteiger partial charge in [-0.25, -0.2) is 0 Å². The third-order valence-corrected chi connectivity index (χ3v) is 5.43. The largest absolute Gasteiger partial charge is 0.481 e. The van der Waals surface area contributed by atoms with Gasteiger partial charge in [-0.05, 0) is 44.4 Å². The first-order valence-corrected chi connectivity index (χ1v) is 7.72. The highest BCUT2D eigenvalue weighted by Crippen LogP contribution is 2.40. The molecule has 2 atom stereocenters. The fourth-order valence-corrected chi connectivity index (χ4v) is 4.44. The first kappa shape index (κ1) is 15.1. The summed E-state index contributed by atoms with van der Waals surface area (Å²) in [5.41, 5.74) is 0. The topological polar surface area (TPSA) is 40.5 Å². The Morgan fingerprint density at radius 3 is 2.11 bits per heavy atom. The smallest absolute Gasteiger partial charge is 0.306 e. The average Bonchev–Trinajstić information content (AvgIpc) is 2.62. The van der Waals surface area contributed by atoms with E-state index in [1.807, 2.05) is 0 Å². The maximum atomic E-state index is 11.2. The van der Waals surface area contributed by atoms with Gasteiger partial charge in [0.25, 0.3) is 0 Å². The van der Waals surface area contributed by atoms with E-state index >= 15 is 0 Å². The molecule has 2 unspecified atom stereocenters. The number of nitrogens with zero attached hydrogens (tertiary/aromatic N) is 1. The number of hydrogen-bond donors (Lipinski definition) is 1. The highest BCUT2D eigenvalue weighted by atomic mass is 35.5. The second-order valence-corrected chi connectivity index (χ2v) is 6.59. The van der Waals surface area contributed by atoms with Crippen LogP contribution in [0.15, 0.2) is 0 Å². The van der Waals surface area contributed by atoms with Gasteiger partial charge < -0.3 is 5.11 Å². The van der Waals surface area contributed by atoms with Crippen molar-refractivity contribution in [2.24, 2.45) is 11.8 Å². The number of carbonyl (C=O) groups is 1. The molecule has 3 fully saturated rings. The van der Waals surface area contributed by atoms with Crippen molar-refractivity contribution in [1.82, 2.24) is 4.90 Å². The molecule has 19 heavy (non-hydrogen) atoms. The predicted octanol–water partition coefficient (Wildman–Crippen LogP) is 3.32. The van der Waals surface area contributed by atoms with Crippen molar-refractivity contribution in [2.75, 3.05) is 6.54 Å². The number of hydrogen-bond acceptors (Lipinski definition) is 2. The van der Waals surface area contributed by atoms with Crippen LogP contribution in [0.25, 0.3) is 0 Å². The third-order valence-electron chi connectivity index (χ3n) is 5.43. The zero-order chi connectivity index (χ0) is 12.5. The van der Waals surface area contributed by atoms with Crippen LogP contribution in [-0.2, 0) is 4.79 Å². The summed E-state index contributed by atoms with van der Waals surface area (Å²) in [6, 6.07) is 1.15. The molecule has 110 valence electrons. The van der Waals surface area contributed by atoms with Crippen LogP contribution < -0.4 is 0 Å². The molecular weight excluding hydrogens is 262 g/mol. The minimum atomic E-state index is -0.566. The van der Waals surface area contributed by atoms with Crippen LogP contribution in [0.2, 0.25) is 0 Å². The van der Waals surface area contributed by atoms with Crippen LogP contribution >= 0.6 is 12.4 Å². The Kier molecular flexibility index (Phi) is 5.13. The van der Waals surface area contributed by atoms with Crippen molar-refractivity contribution < 1.29 is 9.90 Å². The van der Waals surface area contributed by atoms with Gasteiger partial charge in [-0.3, -0.25) is 9.69 Å². The number of rotatable bonds is 3. The minimum absolute atomic E-state index is 0. The molecule has 0 aromatic rings. The summed E-state index contributed by atoms with van der Waals surface area (Å²) in [5, 5.41) is 9.19. The van der Waals surface area contributed by atoms with Crippen LogP contribution in [-0.4, -0.2) is 34.6 Å². The standard InChI is InChI=1S/C15H25NO2.ClH/c17-15(18)12-8-13-6-7-14(9-12)16(13)10-11-4-2-1-3-5-11;/h11-14H,1-10H2,(H,17,18);1H. The molecule has 3 nitrogen and oxygen atoms in total. The van der Waals surface area contributed by atoms with E-state index < -0.39 is 5.97 Å². The summed E-state index contributed by atoms with van der Waals surface area (Å²) >= 11 is 0. The molecule has 0 amide bonds. The lowest BCUT2D eigenvalue weighted by atomic mass is 9.86. The summed E-state index contributed by atoms with van der Waals surface area (Å²) < 4.78 is 0. The van der Waals surface area contributed by atoms with Gasteiger partial charge in [0.1, 0.15) is 0 Å². The highest BCUT2D eigenvalue weighted by Gasteiger charge is 2.43. The first-order chi connectivity index (χ1) is 8.74. The first-order valence-electron chi connectivity index (χ1n) is 7.72. The average molecular weight is 288 g/mol. The van der Waals surface area contributed by atoms with E-state index in [9.17, 15) is 9.90 Å². The van der Waals surface area contributed by atoms with Crippen molar-refractivity contribution in [3.05, 3.63) is 0 Å². The van der Waals surface area contributed by atoms with Crippen LogP contribution in [0.3, 0.4) is 0 Å². The maximum Gasteiger partial charge on any atom is 0.306 e. The molecule has 0 spiro atoms. The fraction of sp³-hybridized carbons (Fsp3) is 0.933. The van der Waals surface area contributed by atoms with Crippen molar-refractivity contribution in [2.45, 2.75) is 69.9 Å². The van der Waals surface area contributed by atoms with E-state index in [1.165, 1.54) is 51.5 Å². The molecule has 3 aliphatic rings. The summed E-state index contributed by atoms with van der Waals surface area (Å²) in [7, 11) is 0. The lowest BCUT2D eigenvalue weighted by molar-refractivity contribution is -0.144. The second-order valence-electron chi connectivity index (χ2n) is 6.59. The number of halogens is 1. The molecule has 2 bridgehead atoms. The van der Waals surface area contributed by atoms with Gasteiger partial charge >= 0.3 is 5.97 Å². The van der Waals surface area contributed by atoms with Crippen LogP contribution in [0.1, 0.15) is 57.8 Å². The van der Waals surface area contributed by atoms with E-state index in [0.717, 1.165) is 18.8 Å². The number of carboxylic acids is 1. The minimum Gasteiger partial charge on any atom is -0.481 e. The van der Waals surface area contributed by atoms with E-state index in [0.29, 0.717) is 12.1 Å². The molecule has 1 aliphatic carbocycles. The lowest BCUT2D eigenvalue weighted by Crippen LogP contribution is -2.46. The Morgan fingerprint density at radius 1 is 1.00 bits per heavy atom. The summed E-state index contributed by atoms with van der Waals surface area (Å²) in [6.07, 6.45) is 11.3. The van der Waals surface area contributed by atoms with Crippen molar-refractivity contribution in [1.29, 1.82) is 0 Å². The van der Waals surface area contributed by atoms with Gasteiger partial charge in [0, 0.05) is 18.6 Å². The van der Waals surface area contributed by atoms with Crippen molar-refractivity contribution >= 4 is 18.4 Å². The fourth-order valence-electron chi connectivity index (χ4n) is 4.44.